The number of fused-ring (bicyclic) bond motifs is 1. The summed E-state index contributed by atoms with van der Waals surface area (Å²) in [5.41, 5.74) is 2.12. The van der Waals surface area contributed by atoms with Crippen molar-refractivity contribution >= 4 is 36.7 Å². The summed E-state index contributed by atoms with van der Waals surface area (Å²) in [6.07, 6.45) is 5.71. The predicted molar refractivity (Wildman–Crippen MR) is 136 cm³/mol. The number of nitrogens with zero attached hydrogens (tertiary/aromatic N) is 4. The highest BCUT2D eigenvalue weighted by molar-refractivity contribution is 6.76. The van der Waals surface area contributed by atoms with Crippen LogP contribution in [0.5, 0.6) is 0 Å². The predicted octanol–water partition coefficient (Wildman–Crippen LogP) is 4.76. The van der Waals surface area contributed by atoms with E-state index in [1.165, 1.54) is 18.0 Å². The van der Waals surface area contributed by atoms with Crippen molar-refractivity contribution in [3.63, 3.8) is 0 Å². The largest absolute Gasteiger partial charge is 0.465 e. The molecule has 11 heteroatoms. The molecule has 1 fully saturated rings. The van der Waals surface area contributed by atoms with Crippen LogP contribution in [0.3, 0.4) is 0 Å². The molecule has 1 aliphatic heterocycles. The first kappa shape index (κ1) is 24.9. The lowest BCUT2D eigenvalue weighted by Gasteiger charge is -2.32. The zero-order valence-electron chi connectivity index (χ0n) is 20.7. The number of aromatic nitrogens is 3. The van der Waals surface area contributed by atoms with Gasteiger partial charge >= 0.3 is 6.09 Å². The van der Waals surface area contributed by atoms with Crippen molar-refractivity contribution in [2.75, 3.05) is 25.0 Å². The molecule has 1 unspecified atom stereocenters. The second-order valence-corrected chi connectivity index (χ2v) is 15.8. The first-order valence-corrected chi connectivity index (χ1v) is 15.6. The van der Waals surface area contributed by atoms with Crippen LogP contribution in [0.25, 0.3) is 22.5 Å². The Morgan fingerprint density at radius 2 is 2.09 bits per heavy atom. The topological polar surface area (TPSA) is 123 Å². The Balaban J connectivity index is 1.66. The van der Waals surface area contributed by atoms with E-state index in [0.717, 1.165) is 35.6 Å². The van der Waals surface area contributed by atoms with Crippen LogP contribution in [0.2, 0.25) is 25.7 Å². The Kier molecular flexibility index (Phi) is 7.27. The fourth-order valence-corrected chi connectivity index (χ4v) is 4.89. The molecular weight excluding hydrogens is 466 g/mol. The van der Waals surface area contributed by atoms with Crippen LogP contribution in [0.1, 0.15) is 30.3 Å². The van der Waals surface area contributed by atoms with Gasteiger partial charge in [-0.3, -0.25) is 4.79 Å². The standard InChI is InChI=1S/C24H33N5O5Si/c1-16(30)20-13-26-23(34-20)19-12-25-22-18(7-9-29(22)15-33-10-11-35(2,3)4)21(19)27-17-6-5-8-28(14-17)24(31)32/h7,9,12-13,17H,5-6,8,10-11,14-15H2,1-4H3,(H,25,27)(H,31,32). The number of anilines is 1. The molecule has 3 aromatic rings. The van der Waals surface area contributed by atoms with E-state index < -0.39 is 14.2 Å². The maximum atomic E-state index is 11.8. The van der Waals surface area contributed by atoms with Crippen molar-refractivity contribution in [1.82, 2.24) is 19.4 Å². The zero-order valence-corrected chi connectivity index (χ0v) is 21.7. The third-order valence-corrected chi connectivity index (χ3v) is 7.84. The molecule has 4 heterocycles. The molecule has 4 rings (SSSR count). The van der Waals surface area contributed by atoms with Crippen molar-refractivity contribution in [3.05, 3.63) is 30.4 Å². The van der Waals surface area contributed by atoms with Crippen molar-refractivity contribution < 1.29 is 23.8 Å². The van der Waals surface area contributed by atoms with Crippen LogP contribution in [-0.4, -0.2) is 70.2 Å². The number of ether oxygens (including phenoxy) is 1. The maximum absolute atomic E-state index is 11.8. The lowest BCUT2D eigenvalue weighted by molar-refractivity contribution is 0.0899. The van der Waals surface area contributed by atoms with E-state index in [4.69, 9.17) is 9.15 Å². The number of ketones is 1. The maximum Gasteiger partial charge on any atom is 0.407 e. The normalized spacial score (nSPS) is 16.6. The van der Waals surface area contributed by atoms with E-state index in [1.807, 2.05) is 16.8 Å². The summed E-state index contributed by atoms with van der Waals surface area (Å²) in [6.45, 7) is 10.4. The van der Waals surface area contributed by atoms with Crippen LogP contribution < -0.4 is 5.32 Å². The number of pyridine rings is 1. The molecule has 0 aliphatic carbocycles. The van der Waals surface area contributed by atoms with E-state index >= 15 is 0 Å². The Morgan fingerprint density at radius 3 is 2.77 bits per heavy atom. The van der Waals surface area contributed by atoms with E-state index in [1.54, 1.807) is 6.20 Å². The molecule has 1 atom stereocenters. The molecule has 0 aromatic carbocycles. The zero-order chi connectivity index (χ0) is 25.2. The Morgan fingerprint density at radius 1 is 1.29 bits per heavy atom. The molecule has 0 radical (unpaired) electrons. The van der Waals surface area contributed by atoms with Gasteiger partial charge < -0.3 is 29.0 Å². The molecule has 2 N–H and O–H groups in total. The van der Waals surface area contributed by atoms with Crippen LogP contribution in [0.4, 0.5) is 10.5 Å². The molecule has 0 spiro atoms. The summed E-state index contributed by atoms with van der Waals surface area (Å²) in [4.78, 5) is 33.7. The monoisotopic (exact) mass is 499 g/mol. The number of carbonyl (C=O) groups is 2. The Labute approximate surface area is 205 Å². The van der Waals surface area contributed by atoms with Crippen molar-refractivity contribution in [2.45, 2.75) is 58.2 Å². The molecule has 1 aliphatic rings. The lowest BCUT2D eigenvalue weighted by atomic mass is 10.0. The molecule has 10 nitrogen and oxygen atoms in total. The smallest absolute Gasteiger partial charge is 0.407 e. The molecule has 3 aromatic heterocycles. The van der Waals surface area contributed by atoms with Crippen molar-refractivity contribution in [3.8, 4) is 11.5 Å². The van der Waals surface area contributed by atoms with Gasteiger partial charge in [-0.2, -0.15) is 0 Å². The van der Waals surface area contributed by atoms with Gasteiger partial charge in [0.1, 0.15) is 12.4 Å². The number of oxazole rings is 1. The minimum atomic E-state index is -1.18. The van der Waals surface area contributed by atoms with Gasteiger partial charge in [-0.25, -0.2) is 14.8 Å². The third-order valence-electron chi connectivity index (χ3n) is 6.14. The Bertz CT molecular complexity index is 1210. The highest BCUT2D eigenvalue weighted by Gasteiger charge is 2.26. The first-order chi connectivity index (χ1) is 16.6. The average molecular weight is 500 g/mol. The van der Waals surface area contributed by atoms with Gasteiger partial charge in [-0.05, 0) is 25.0 Å². The van der Waals surface area contributed by atoms with E-state index in [0.29, 0.717) is 32.0 Å². The van der Waals surface area contributed by atoms with E-state index in [-0.39, 0.29) is 23.5 Å². The lowest BCUT2D eigenvalue weighted by Crippen LogP contribution is -2.44. The molecule has 1 amide bonds. The van der Waals surface area contributed by atoms with Crippen LogP contribution in [0.15, 0.2) is 29.1 Å². The highest BCUT2D eigenvalue weighted by Crippen LogP contribution is 2.35. The molecule has 0 saturated carbocycles. The number of amides is 1. The van der Waals surface area contributed by atoms with Gasteiger partial charge in [-0.1, -0.05) is 19.6 Å². The summed E-state index contributed by atoms with van der Waals surface area (Å²) in [6, 6.07) is 2.96. The van der Waals surface area contributed by atoms with Gasteiger partial charge in [-0.15, -0.1) is 0 Å². The summed E-state index contributed by atoms with van der Waals surface area (Å²) in [5.74, 6) is 0.254. The summed E-state index contributed by atoms with van der Waals surface area (Å²) >= 11 is 0. The fraction of sp³-hybridized carbons (Fsp3) is 0.500. The van der Waals surface area contributed by atoms with Gasteiger partial charge in [0.25, 0.3) is 0 Å². The minimum absolute atomic E-state index is 0.0808. The number of carboxylic acid groups (broad SMARTS) is 1. The SMILES string of the molecule is CC(=O)c1cnc(-c2cnc3c(ccn3COCC[Si](C)(C)C)c2NC2CCCN(C(=O)O)C2)o1. The van der Waals surface area contributed by atoms with Gasteiger partial charge in [0, 0.05) is 58.5 Å². The van der Waals surface area contributed by atoms with Gasteiger partial charge in [0.15, 0.2) is 11.5 Å². The molecule has 1 saturated heterocycles. The highest BCUT2D eigenvalue weighted by atomic mass is 28.3. The number of hydrogen-bond acceptors (Lipinski definition) is 7. The number of nitrogens with one attached hydrogen (secondary N) is 1. The van der Waals surface area contributed by atoms with E-state index in [9.17, 15) is 14.7 Å². The fourth-order valence-electron chi connectivity index (χ4n) is 4.14. The second kappa shape index (κ2) is 10.2. The quantitative estimate of drug-likeness (QED) is 0.245. The third kappa shape index (κ3) is 5.91. The number of likely N-dealkylation sites (tertiary alicyclic amines) is 1. The summed E-state index contributed by atoms with van der Waals surface area (Å²) in [5, 5.41) is 13.8. The number of carbonyl (C=O) groups excluding carboxylic acids is 1. The minimum Gasteiger partial charge on any atom is -0.465 e. The van der Waals surface area contributed by atoms with Gasteiger partial charge in [0.2, 0.25) is 5.89 Å². The first-order valence-electron chi connectivity index (χ1n) is 11.9. The number of Topliss-reactive ketones (excluding diaryl/α,β-unsaturated/α-hetero) is 1. The molecule has 0 bridgehead atoms. The van der Waals surface area contributed by atoms with Crippen LogP contribution in [-0.2, 0) is 11.5 Å². The average Bonchev–Trinajstić information content (AvgIpc) is 3.44. The number of piperidine rings is 1. The Hall–Kier alpha value is -3.18. The summed E-state index contributed by atoms with van der Waals surface area (Å²) < 4.78 is 13.6. The number of rotatable bonds is 9. The van der Waals surface area contributed by atoms with Crippen LogP contribution >= 0.6 is 0 Å². The second-order valence-electron chi connectivity index (χ2n) is 10.2. The molecule has 35 heavy (non-hydrogen) atoms. The van der Waals surface area contributed by atoms with Gasteiger partial charge in [0.05, 0.1) is 17.4 Å². The van der Waals surface area contributed by atoms with Crippen molar-refractivity contribution in [1.29, 1.82) is 0 Å². The molecule has 188 valence electrons. The summed E-state index contributed by atoms with van der Waals surface area (Å²) in [7, 11) is -1.18. The van der Waals surface area contributed by atoms with Crippen molar-refractivity contribution in [2.24, 2.45) is 0 Å². The van der Waals surface area contributed by atoms with E-state index in [2.05, 4.69) is 34.9 Å². The van der Waals surface area contributed by atoms with Crippen LogP contribution in [0, 0.1) is 0 Å². The molecular formula is C24H33N5O5Si. The number of hydrogen-bond donors (Lipinski definition) is 2.